The Morgan fingerprint density at radius 3 is 2.70 bits per heavy atom. The highest BCUT2D eigenvalue weighted by atomic mass is 19.1. The lowest BCUT2D eigenvalue weighted by Gasteiger charge is -2.15. The molecule has 1 atom stereocenters. The van der Waals surface area contributed by atoms with Crippen molar-refractivity contribution in [3.8, 4) is 0 Å². The third-order valence-corrected chi connectivity index (χ3v) is 3.45. The van der Waals surface area contributed by atoms with E-state index >= 15 is 0 Å². The fraction of sp³-hybridized carbons (Fsp3) is 0.125. The Morgan fingerprint density at radius 2 is 1.95 bits per heavy atom. The first-order chi connectivity index (χ1) is 9.69. The van der Waals surface area contributed by atoms with Gasteiger partial charge in [-0.1, -0.05) is 24.3 Å². The van der Waals surface area contributed by atoms with Gasteiger partial charge in [-0.05, 0) is 42.3 Å². The summed E-state index contributed by atoms with van der Waals surface area (Å²) in [5.74, 6) is 6.06. The molecule has 0 saturated heterocycles. The number of fused-ring (bicyclic) bond motifs is 1. The van der Waals surface area contributed by atoms with E-state index in [4.69, 9.17) is 10.3 Å². The van der Waals surface area contributed by atoms with Crippen LogP contribution in [0.2, 0.25) is 0 Å². The van der Waals surface area contributed by atoms with Crippen molar-refractivity contribution in [1.29, 1.82) is 0 Å². The predicted molar refractivity (Wildman–Crippen MR) is 76.5 cm³/mol. The molecule has 3 rings (SSSR count). The predicted octanol–water partition coefficient (Wildman–Crippen LogP) is 3.43. The first kappa shape index (κ1) is 12.8. The van der Waals surface area contributed by atoms with Crippen molar-refractivity contribution in [3.05, 3.63) is 71.2 Å². The molecule has 2 aromatic carbocycles. The van der Waals surface area contributed by atoms with Gasteiger partial charge in [0.1, 0.15) is 23.2 Å². The zero-order valence-electron chi connectivity index (χ0n) is 11.1. The molecule has 3 N–H and O–H groups in total. The zero-order chi connectivity index (χ0) is 14.1. The first-order valence-electron chi connectivity index (χ1n) is 6.39. The van der Waals surface area contributed by atoms with Crippen LogP contribution in [0.3, 0.4) is 0 Å². The summed E-state index contributed by atoms with van der Waals surface area (Å²) >= 11 is 0. The fourth-order valence-corrected chi connectivity index (χ4v) is 2.41. The Morgan fingerprint density at radius 1 is 1.15 bits per heavy atom. The molecule has 0 aliphatic carbocycles. The van der Waals surface area contributed by atoms with E-state index in [0.717, 1.165) is 16.5 Å². The second kappa shape index (κ2) is 5.07. The Bertz CT molecular complexity index is 751. The molecule has 0 saturated carbocycles. The van der Waals surface area contributed by atoms with Crippen LogP contribution in [-0.2, 0) is 0 Å². The van der Waals surface area contributed by atoms with Gasteiger partial charge in [-0.2, -0.15) is 0 Å². The average molecular weight is 270 g/mol. The van der Waals surface area contributed by atoms with Crippen molar-refractivity contribution in [2.24, 2.45) is 5.84 Å². The minimum atomic E-state index is -0.280. The highest BCUT2D eigenvalue weighted by molar-refractivity contribution is 5.78. The van der Waals surface area contributed by atoms with E-state index in [1.54, 1.807) is 6.07 Å². The van der Waals surface area contributed by atoms with E-state index in [1.807, 2.05) is 37.3 Å². The molecule has 0 spiro atoms. The number of rotatable bonds is 3. The molecule has 20 heavy (non-hydrogen) atoms. The Hall–Kier alpha value is -2.17. The van der Waals surface area contributed by atoms with E-state index in [0.29, 0.717) is 11.3 Å². The van der Waals surface area contributed by atoms with Crippen molar-refractivity contribution in [1.82, 2.24) is 5.43 Å². The van der Waals surface area contributed by atoms with Gasteiger partial charge in [0.05, 0.1) is 0 Å². The molecular weight excluding hydrogens is 255 g/mol. The van der Waals surface area contributed by atoms with Crippen LogP contribution in [0.1, 0.15) is 22.9 Å². The standard InChI is InChI=1S/C16H15FN2O/c1-10-4-2-3-5-13(10)16(19-18)15-9-11-8-12(17)6-7-14(11)20-15/h2-9,16,19H,18H2,1H3. The lowest BCUT2D eigenvalue weighted by Crippen LogP contribution is -2.29. The molecule has 0 aliphatic rings. The summed E-state index contributed by atoms with van der Waals surface area (Å²) < 4.78 is 19.0. The van der Waals surface area contributed by atoms with E-state index in [2.05, 4.69) is 5.43 Å². The summed E-state index contributed by atoms with van der Waals surface area (Å²) in [6.45, 7) is 2.02. The lowest BCUT2D eigenvalue weighted by molar-refractivity contribution is 0.476. The molecule has 1 unspecified atom stereocenters. The van der Waals surface area contributed by atoms with Crippen LogP contribution in [-0.4, -0.2) is 0 Å². The highest BCUT2D eigenvalue weighted by Gasteiger charge is 2.18. The smallest absolute Gasteiger partial charge is 0.134 e. The summed E-state index contributed by atoms with van der Waals surface area (Å²) in [6.07, 6.45) is 0. The average Bonchev–Trinajstić information content (AvgIpc) is 2.84. The van der Waals surface area contributed by atoms with Gasteiger partial charge < -0.3 is 4.42 Å². The number of nitrogens with one attached hydrogen (secondary N) is 1. The molecule has 1 heterocycles. The maximum Gasteiger partial charge on any atom is 0.134 e. The zero-order valence-corrected chi connectivity index (χ0v) is 11.1. The third-order valence-electron chi connectivity index (χ3n) is 3.45. The van der Waals surface area contributed by atoms with E-state index in [-0.39, 0.29) is 11.9 Å². The van der Waals surface area contributed by atoms with Crippen molar-refractivity contribution in [2.75, 3.05) is 0 Å². The van der Waals surface area contributed by atoms with Crippen LogP contribution in [0.4, 0.5) is 4.39 Å². The maximum absolute atomic E-state index is 13.2. The quantitative estimate of drug-likeness (QED) is 0.566. The summed E-state index contributed by atoms with van der Waals surface area (Å²) in [4.78, 5) is 0. The molecular formula is C16H15FN2O. The van der Waals surface area contributed by atoms with Crippen molar-refractivity contribution >= 4 is 11.0 Å². The molecule has 3 aromatic rings. The normalized spacial score (nSPS) is 12.8. The van der Waals surface area contributed by atoms with Gasteiger partial charge >= 0.3 is 0 Å². The van der Waals surface area contributed by atoms with Crippen LogP contribution >= 0.6 is 0 Å². The molecule has 3 nitrogen and oxygen atoms in total. The Labute approximate surface area is 116 Å². The van der Waals surface area contributed by atoms with Gasteiger partial charge in [0.2, 0.25) is 0 Å². The number of halogens is 1. The van der Waals surface area contributed by atoms with Gasteiger partial charge in [-0.3, -0.25) is 5.84 Å². The molecule has 0 radical (unpaired) electrons. The molecule has 0 bridgehead atoms. The van der Waals surface area contributed by atoms with Gasteiger partial charge in [-0.25, -0.2) is 9.82 Å². The number of aryl methyl sites for hydroxylation is 1. The van der Waals surface area contributed by atoms with Gasteiger partial charge in [-0.15, -0.1) is 0 Å². The summed E-state index contributed by atoms with van der Waals surface area (Å²) in [5.41, 5.74) is 5.56. The molecule has 0 fully saturated rings. The minimum Gasteiger partial charge on any atom is -0.459 e. The fourth-order valence-electron chi connectivity index (χ4n) is 2.41. The van der Waals surface area contributed by atoms with E-state index in [1.165, 1.54) is 12.1 Å². The summed E-state index contributed by atoms with van der Waals surface area (Å²) in [6, 6.07) is 14.0. The molecule has 0 amide bonds. The second-order valence-corrected chi connectivity index (χ2v) is 4.79. The highest BCUT2D eigenvalue weighted by Crippen LogP contribution is 2.29. The van der Waals surface area contributed by atoms with Crippen LogP contribution < -0.4 is 11.3 Å². The summed E-state index contributed by atoms with van der Waals surface area (Å²) in [5, 5.41) is 0.730. The Kier molecular flexibility index (Phi) is 3.26. The van der Waals surface area contributed by atoms with Crippen molar-refractivity contribution < 1.29 is 8.81 Å². The number of furan rings is 1. The number of hydrogen-bond acceptors (Lipinski definition) is 3. The number of benzene rings is 2. The van der Waals surface area contributed by atoms with Crippen molar-refractivity contribution in [3.63, 3.8) is 0 Å². The van der Waals surface area contributed by atoms with E-state index in [9.17, 15) is 4.39 Å². The molecule has 4 heteroatoms. The SMILES string of the molecule is Cc1ccccc1C(NN)c1cc2cc(F)ccc2o1. The number of hydrazine groups is 1. The molecule has 102 valence electrons. The monoisotopic (exact) mass is 270 g/mol. The van der Waals surface area contributed by atoms with Crippen molar-refractivity contribution in [2.45, 2.75) is 13.0 Å². The Balaban J connectivity index is 2.10. The van der Waals surface area contributed by atoms with Crippen LogP contribution in [0.5, 0.6) is 0 Å². The topological polar surface area (TPSA) is 51.2 Å². The largest absolute Gasteiger partial charge is 0.459 e. The number of nitrogens with two attached hydrogens (primary N) is 1. The van der Waals surface area contributed by atoms with Gasteiger partial charge in [0.15, 0.2) is 0 Å². The lowest BCUT2D eigenvalue weighted by atomic mass is 10.00. The maximum atomic E-state index is 13.2. The molecule has 0 aliphatic heterocycles. The number of hydrogen-bond donors (Lipinski definition) is 2. The molecule has 1 aromatic heterocycles. The summed E-state index contributed by atoms with van der Waals surface area (Å²) in [7, 11) is 0. The van der Waals surface area contributed by atoms with E-state index < -0.39 is 0 Å². The second-order valence-electron chi connectivity index (χ2n) is 4.79. The van der Waals surface area contributed by atoms with Crippen LogP contribution in [0, 0.1) is 12.7 Å². The van der Waals surface area contributed by atoms with Gasteiger partial charge in [0, 0.05) is 5.39 Å². The van der Waals surface area contributed by atoms with Gasteiger partial charge in [0.25, 0.3) is 0 Å². The minimum absolute atomic E-state index is 0.258. The third kappa shape index (κ3) is 2.19. The first-order valence-corrected chi connectivity index (χ1v) is 6.39. The van der Waals surface area contributed by atoms with Crippen LogP contribution in [0.25, 0.3) is 11.0 Å². The van der Waals surface area contributed by atoms with Crippen LogP contribution in [0.15, 0.2) is 52.9 Å².